The molecular formula is C28H20ClN3O3S. The van der Waals surface area contributed by atoms with Crippen molar-refractivity contribution in [2.45, 2.75) is 5.03 Å². The van der Waals surface area contributed by atoms with Gasteiger partial charge in [-0.25, -0.2) is 9.78 Å². The summed E-state index contributed by atoms with van der Waals surface area (Å²) < 4.78 is 4.79. The van der Waals surface area contributed by atoms with Crippen LogP contribution in [0.15, 0.2) is 90.0 Å². The van der Waals surface area contributed by atoms with Gasteiger partial charge in [-0.05, 0) is 35.9 Å². The fourth-order valence-electron chi connectivity index (χ4n) is 3.55. The Morgan fingerprint density at radius 3 is 2.39 bits per heavy atom. The highest BCUT2D eigenvalue weighted by atomic mass is 35.5. The first kappa shape index (κ1) is 25.0. The van der Waals surface area contributed by atoms with Crippen LogP contribution in [0.25, 0.3) is 22.4 Å². The number of amides is 1. The molecule has 36 heavy (non-hydrogen) atoms. The second-order valence-corrected chi connectivity index (χ2v) is 8.99. The largest absolute Gasteiger partial charge is 0.465 e. The summed E-state index contributed by atoms with van der Waals surface area (Å²) in [6, 6.07) is 27.6. The molecular weight excluding hydrogens is 494 g/mol. The number of ether oxygens (including phenoxy) is 1. The van der Waals surface area contributed by atoms with Crippen molar-refractivity contribution < 1.29 is 14.3 Å². The highest BCUT2D eigenvalue weighted by molar-refractivity contribution is 8.00. The minimum Gasteiger partial charge on any atom is -0.465 e. The number of thioether (sulfide) groups is 1. The van der Waals surface area contributed by atoms with Gasteiger partial charge in [0.25, 0.3) is 0 Å². The molecule has 0 fully saturated rings. The van der Waals surface area contributed by atoms with Crippen LogP contribution in [-0.2, 0) is 9.53 Å². The predicted octanol–water partition coefficient (Wildman–Crippen LogP) is 6.46. The lowest BCUT2D eigenvalue weighted by Crippen LogP contribution is -2.17. The molecule has 0 unspecified atom stereocenters. The van der Waals surface area contributed by atoms with Gasteiger partial charge in [0.15, 0.2) is 0 Å². The Labute approximate surface area is 217 Å². The predicted molar refractivity (Wildman–Crippen MR) is 142 cm³/mol. The summed E-state index contributed by atoms with van der Waals surface area (Å²) in [6.45, 7) is 0. The number of nitrogens with zero attached hydrogens (tertiary/aromatic N) is 2. The van der Waals surface area contributed by atoms with E-state index in [2.05, 4.69) is 11.4 Å². The molecule has 0 aliphatic heterocycles. The summed E-state index contributed by atoms with van der Waals surface area (Å²) in [5, 5.41) is 13.8. The zero-order valence-electron chi connectivity index (χ0n) is 19.2. The summed E-state index contributed by atoms with van der Waals surface area (Å²) >= 11 is 7.22. The Hall–Kier alpha value is -4.12. The third-order valence-corrected chi connectivity index (χ3v) is 6.50. The summed E-state index contributed by atoms with van der Waals surface area (Å²) in [5.41, 5.74) is 4.04. The van der Waals surface area contributed by atoms with Crippen molar-refractivity contribution in [1.29, 1.82) is 5.26 Å². The molecule has 6 nitrogen and oxygen atoms in total. The average Bonchev–Trinajstić information content (AvgIpc) is 2.92. The van der Waals surface area contributed by atoms with Crippen molar-refractivity contribution in [1.82, 2.24) is 4.98 Å². The molecule has 4 aromatic rings. The summed E-state index contributed by atoms with van der Waals surface area (Å²) in [7, 11) is 1.28. The standard InChI is InChI=1S/C28H20ClN3O3S/c1-35-28(34)21-9-5-6-10-24(21)31-26(33)17-36-27-23(16-30)22(18-11-13-20(29)14-12-18)15-25(32-27)19-7-3-2-4-8-19/h2-15H,17H2,1H3,(H,31,33). The van der Waals surface area contributed by atoms with Crippen molar-refractivity contribution >= 4 is 40.9 Å². The Kier molecular flexibility index (Phi) is 8.01. The lowest BCUT2D eigenvalue weighted by atomic mass is 9.99. The number of halogens is 1. The molecule has 178 valence electrons. The summed E-state index contributed by atoms with van der Waals surface area (Å²) in [6.07, 6.45) is 0. The number of para-hydroxylation sites is 1. The van der Waals surface area contributed by atoms with E-state index < -0.39 is 5.97 Å². The van der Waals surface area contributed by atoms with Gasteiger partial charge in [0, 0.05) is 16.1 Å². The maximum absolute atomic E-state index is 12.8. The van der Waals surface area contributed by atoms with Crippen LogP contribution in [0.5, 0.6) is 0 Å². The molecule has 3 aromatic carbocycles. The molecule has 0 saturated heterocycles. The molecule has 8 heteroatoms. The van der Waals surface area contributed by atoms with Crippen molar-refractivity contribution in [2.24, 2.45) is 0 Å². The lowest BCUT2D eigenvalue weighted by Gasteiger charge is -2.13. The number of nitriles is 1. The van der Waals surface area contributed by atoms with Crippen molar-refractivity contribution in [3.05, 3.63) is 101 Å². The van der Waals surface area contributed by atoms with Gasteiger partial charge in [0.05, 0.1) is 35.4 Å². The van der Waals surface area contributed by atoms with Gasteiger partial charge in [-0.3, -0.25) is 4.79 Å². The summed E-state index contributed by atoms with van der Waals surface area (Å²) in [5.74, 6) is -0.912. The number of hydrogen-bond acceptors (Lipinski definition) is 6. The number of rotatable bonds is 7. The first-order chi connectivity index (χ1) is 17.5. The number of pyridine rings is 1. The molecule has 0 saturated carbocycles. The van der Waals surface area contributed by atoms with Crippen LogP contribution in [-0.4, -0.2) is 29.7 Å². The highest BCUT2D eigenvalue weighted by Gasteiger charge is 2.18. The van der Waals surface area contributed by atoms with Gasteiger partial charge in [0.1, 0.15) is 11.1 Å². The number of methoxy groups -OCH3 is 1. The number of nitrogens with one attached hydrogen (secondary N) is 1. The minimum absolute atomic E-state index is 0.0184. The van der Waals surface area contributed by atoms with Gasteiger partial charge in [0.2, 0.25) is 5.91 Å². The Morgan fingerprint density at radius 1 is 1.00 bits per heavy atom. The maximum Gasteiger partial charge on any atom is 0.339 e. The monoisotopic (exact) mass is 513 g/mol. The number of hydrogen-bond donors (Lipinski definition) is 1. The zero-order chi connectivity index (χ0) is 25.5. The minimum atomic E-state index is -0.546. The van der Waals surface area contributed by atoms with Gasteiger partial charge in [-0.2, -0.15) is 5.26 Å². The lowest BCUT2D eigenvalue weighted by molar-refractivity contribution is -0.113. The second-order valence-electron chi connectivity index (χ2n) is 7.59. The van der Waals surface area contributed by atoms with E-state index in [-0.39, 0.29) is 17.2 Å². The average molecular weight is 514 g/mol. The molecule has 0 atom stereocenters. The summed E-state index contributed by atoms with van der Waals surface area (Å²) in [4.78, 5) is 29.5. The molecule has 0 spiro atoms. The van der Waals surface area contributed by atoms with Gasteiger partial charge in [-0.1, -0.05) is 78.0 Å². The fraction of sp³-hybridized carbons (Fsp3) is 0.0714. The second kappa shape index (κ2) is 11.5. The topological polar surface area (TPSA) is 92.1 Å². The molecule has 0 radical (unpaired) electrons. The SMILES string of the molecule is COC(=O)c1ccccc1NC(=O)CSc1nc(-c2ccccc2)cc(-c2ccc(Cl)cc2)c1C#N. The molecule has 1 heterocycles. The van der Waals surface area contributed by atoms with Crippen LogP contribution in [0.3, 0.4) is 0 Å². The van der Waals surface area contributed by atoms with E-state index >= 15 is 0 Å². The number of benzene rings is 3. The van der Waals surface area contributed by atoms with Crippen LogP contribution < -0.4 is 5.32 Å². The Balaban J connectivity index is 1.66. The van der Waals surface area contributed by atoms with Gasteiger partial charge in [-0.15, -0.1) is 0 Å². The van der Waals surface area contributed by atoms with Crippen molar-refractivity contribution in [3.8, 4) is 28.5 Å². The van der Waals surface area contributed by atoms with E-state index in [1.54, 1.807) is 36.4 Å². The highest BCUT2D eigenvalue weighted by Crippen LogP contribution is 2.34. The molecule has 0 aliphatic rings. The molecule has 1 amide bonds. The first-order valence-electron chi connectivity index (χ1n) is 10.9. The normalized spacial score (nSPS) is 10.4. The molecule has 1 N–H and O–H groups in total. The van der Waals surface area contributed by atoms with E-state index in [4.69, 9.17) is 21.3 Å². The van der Waals surface area contributed by atoms with E-state index in [0.29, 0.717) is 32.6 Å². The quantitative estimate of drug-likeness (QED) is 0.225. The molecule has 1 aromatic heterocycles. The van der Waals surface area contributed by atoms with Crippen LogP contribution in [0, 0.1) is 11.3 Å². The third-order valence-electron chi connectivity index (χ3n) is 5.27. The Morgan fingerprint density at radius 2 is 1.69 bits per heavy atom. The van der Waals surface area contributed by atoms with Crippen molar-refractivity contribution in [2.75, 3.05) is 18.2 Å². The zero-order valence-corrected chi connectivity index (χ0v) is 20.8. The van der Waals surface area contributed by atoms with E-state index in [9.17, 15) is 14.9 Å². The van der Waals surface area contributed by atoms with Crippen LogP contribution in [0.2, 0.25) is 5.02 Å². The molecule has 4 rings (SSSR count). The Bertz CT molecular complexity index is 1450. The maximum atomic E-state index is 12.8. The first-order valence-corrected chi connectivity index (χ1v) is 12.2. The van der Waals surface area contributed by atoms with Crippen LogP contribution in [0.1, 0.15) is 15.9 Å². The number of anilines is 1. The molecule has 0 aliphatic carbocycles. The number of aromatic nitrogens is 1. The van der Waals surface area contributed by atoms with Crippen LogP contribution >= 0.6 is 23.4 Å². The smallest absolute Gasteiger partial charge is 0.339 e. The van der Waals surface area contributed by atoms with Gasteiger partial charge < -0.3 is 10.1 Å². The van der Waals surface area contributed by atoms with E-state index in [0.717, 1.165) is 22.9 Å². The van der Waals surface area contributed by atoms with E-state index in [1.807, 2.05) is 48.5 Å². The fourth-order valence-corrected chi connectivity index (χ4v) is 4.48. The number of esters is 1. The number of carbonyl (C=O) groups is 2. The van der Waals surface area contributed by atoms with Crippen molar-refractivity contribution in [3.63, 3.8) is 0 Å². The van der Waals surface area contributed by atoms with Gasteiger partial charge >= 0.3 is 5.97 Å². The molecule has 0 bridgehead atoms. The van der Waals surface area contributed by atoms with E-state index in [1.165, 1.54) is 7.11 Å². The third kappa shape index (κ3) is 5.74. The van der Waals surface area contributed by atoms with Crippen LogP contribution in [0.4, 0.5) is 5.69 Å². The number of carbonyl (C=O) groups excluding carboxylic acids is 2.